The van der Waals surface area contributed by atoms with Crippen LogP contribution >= 0.6 is 11.3 Å². The third-order valence-corrected chi connectivity index (χ3v) is 2.46. The van der Waals surface area contributed by atoms with Gasteiger partial charge in [0.1, 0.15) is 0 Å². The molecule has 0 saturated carbocycles. The fraction of sp³-hybridized carbons (Fsp3) is 0.444. The highest BCUT2D eigenvalue weighted by molar-refractivity contribution is 7.09. The molecule has 0 aliphatic carbocycles. The van der Waals surface area contributed by atoms with Gasteiger partial charge in [0.25, 0.3) is 0 Å². The van der Waals surface area contributed by atoms with Crippen LogP contribution in [0.4, 0.5) is 0 Å². The fourth-order valence-electron chi connectivity index (χ4n) is 0.945. The lowest BCUT2D eigenvalue weighted by Crippen LogP contribution is -1.82. The second-order valence-corrected chi connectivity index (χ2v) is 3.45. The Hall–Kier alpha value is -0.810. The number of thiophene rings is 1. The van der Waals surface area contributed by atoms with Gasteiger partial charge in [0.15, 0.2) is 0 Å². The molecule has 0 saturated heterocycles. The van der Waals surface area contributed by atoms with Gasteiger partial charge in [-0.2, -0.15) is 0 Å². The largest absolute Gasteiger partial charge is 0.317 e. The summed E-state index contributed by atoms with van der Waals surface area (Å²) < 4.78 is 0. The zero-order chi connectivity index (χ0) is 7.94. The lowest BCUT2D eigenvalue weighted by atomic mass is 10.2. The molecule has 0 atom stereocenters. The first-order valence-corrected chi connectivity index (χ1v) is 4.67. The van der Waals surface area contributed by atoms with Gasteiger partial charge in [-0.1, -0.05) is 6.07 Å². The molecule has 0 aromatic carbocycles. The van der Waals surface area contributed by atoms with E-state index in [0.29, 0.717) is 6.54 Å². The average Bonchev–Trinajstić information content (AvgIpc) is 2.50. The minimum absolute atomic E-state index is 0.686. The molecule has 0 aliphatic rings. The average molecular weight is 165 g/mol. The summed E-state index contributed by atoms with van der Waals surface area (Å²) in [5.74, 6) is 0. The van der Waals surface area contributed by atoms with Gasteiger partial charge in [-0.05, 0) is 24.3 Å². The van der Waals surface area contributed by atoms with E-state index in [1.807, 2.05) is 0 Å². The van der Waals surface area contributed by atoms with E-state index in [1.165, 1.54) is 4.88 Å². The minimum atomic E-state index is 0.686. The van der Waals surface area contributed by atoms with Gasteiger partial charge in [-0.25, -0.2) is 6.57 Å². The molecule has 1 rings (SSSR count). The molecule has 58 valence electrons. The van der Waals surface area contributed by atoms with Crippen LogP contribution < -0.4 is 0 Å². The van der Waals surface area contributed by atoms with Crippen molar-refractivity contribution >= 4 is 11.3 Å². The van der Waals surface area contributed by atoms with Crippen molar-refractivity contribution in [2.24, 2.45) is 0 Å². The Kier molecular flexibility index (Phi) is 3.71. The van der Waals surface area contributed by atoms with Crippen LogP contribution in [0.5, 0.6) is 0 Å². The quantitative estimate of drug-likeness (QED) is 0.477. The Bertz CT molecular complexity index is 220. The first-order chi connectivity index (χ1) is 5.43. The summed E-state index contributed by atoms with van der Waals surface area (Å²) >= 11 is 1.80. The smallest absolute Gasteiger partial charge is 0.214 e. The molecule has 0 aliphatic heterocycles. The number of rotatable bonds is 4. The van der Waals surface area contributed by atoms with E-state index in [0.717, 1.165) is 19.3 Å². The Morgan fingerprint density at radius 3 is 3.00 bits per heavy atom. The van der Waals surface area contributed by atoms with E-state index >= 15 is 0 Å². The van der Waals surface area contributed by atoms with Crippen LogP contribution in [0.25, 0.3) is 4.85 Å². The molecule has 0 spiro atoms. The monoisotopic (exact) mass is 165 g/mol. The summed E-state index contributed by atoms with van der Waals surface area (Å²) in [5, 5.41) is 2.10. The first-order valence-electron chi connectivity index (χ1n) is 3.79. The second-order valence-electron chi connectivity index (χ2n) is 2.42. The van der Waals surface area contributed by atoms with Crippen LogP contribution in [0.1, 0.15) is 17.7 Å². The summed E-state index contributed by atoms with van der Waals surface area (Å²) in [4.78, 5) is 4.75. The molecular formula is C9H11NS. The van der Waals surface area contributed by atoms with Crippen LogP contribution in [0, 0.1) is 6.57 Å². The summed E-state index contributed by atoms with van der Waals surface area (Å²) in [5.41, 5.74) is 0. The molecule has 1 nitrogen and oxygen atoms in total. The Balaban J connectivity index is 2.10. The van der Waals surface area contributed by atoms with Gasteiger partial charge >= 0.3 is 0 Å². The molecule has 0 unspecified atom stereocenters. The summed E-state index contributed by atoms with van der Waals surface area (Å²) in [6, 6.07) is 4.23. The van der Waals surface area contributed by atoms with Crippen molar-refractivity contribution in [3.05, 3.63) is 33.8 Å². The number of hydrogen-bond acceptors (Lipinski definition) is 1. The maximum absolute atomic E-state index is 6.58. The molecule has 0 amide bonds. The standard InChI is InChI=1S/C9H11NS/c1-10-7-3-2-5-9-6-4-8-11-9/h4,6,8H,2-3,5,7H2. The van der Waals surface area contributed by atoms with Crippen molar-refractivity contribution < 1.29 is 0 Å². The minimum Gasteiger partial charge on any atom is -0.317 e. The summed E-state index contributed by atoms with van der Waals surface area (Å²) in [6.07, 6.45) is 3.34. The zero-order valence-corrected chi connectivity index (χ0v) is 7.23. The van der Waals surface area contributed by atoms with Crippen LogP contribution in [0.15, 0.2) is 17.5 Å². The molecule has 1 aromatic heterocycles. The van der Waals surface area contributed by atoms with Gasteiger partial charge in [0, 0.05) is 11.3 Å². The van der Waals surface area contributed by atoms with Gasteiger partial charge in [0.2, 0.25) is 6.54 Å². The zero-order valence-electron chi connectivity index (χ0n) is 6.42. The normalized spacial score (nSPS) is 9.36. The van der Waals surface area contributed by atoms with Crippen LogP contribution in [0.2, 0.25) is 0 Å². The van der Waals surface area contributed by atoms with E-state index < -0.39 is 0 Å². The van der Waals surface area contributed by atoms with E-state index in [2.05, 4.69) is 22.4 Å². The van der Waals surface area contributed by atoms with E-state index in [4.69, 9.17) is 6.57 Å². The molecule has 0 bridgehead atoms. The Morgan fingerprint density at radius 1 is 1.45 bits per heavy atom. The maximum atomic E-state index is 6.58. The first kappa shape index (κ1) is 8.29. The predicted molar refractivity (Wildman–Crippen MR) is 48.7 cm³/mol. The Morgan fingerprint density at radius 2 is 2.36 bits per heavy atom. The molecule has 0 N–H and O–H groups in total. The molecule has 0 radical (unpaired) electrons. The van der Waals surface area contributed by atoms with Crippen LogP contribution in [0.3, 0.4) is 0 Å². The van der Waals surface area contributed by atoms with Crippen LogP contribution in [-0.2, 0) is 6.42 Å². The van der Waals surface area contributed by atoms with Gasteiger partial charge in [-0.15, -0.1) is 11.3 Å². The lowest BCUT2D eigenvalue weighted by Gasteiger charge is -1.91. The van der Waals surface area contributed by atoms with Crippen molar-refractivity contribution in [3.8, 4) is 0 Å². The van der Waals surface area contributed by atoms with Crippen molar-refractivity contribution in [1.82, 2.24) is 0 Å². The van der Waals surface area contributed by atoms with Crippen LogP contribution in [-0.4, -0.2) is 6.54 Å². The maximum Gasteiger partial charge on any atom is 0.214 e. The predicted octanol–water partition coefficient (Wildman–Crippen LogP) is 2.99. The van der Waals surface area contributed by atoms with Gasteiger partial charge in [0.05, 0.1) is 0 Å². The highest BCUT2D eigenvalue weighted by Crippen LogP contribution is 2.11. The van der Waals surface area contributed by atoms with Crippen molar-refractivity contribution in [3.63, 3.8) is 0 Å². The highest BCUT2D eigenvalue weighted by Gasteiger charge is 1.93. The number of nitrogens with zero attached hydrogens (tertiary/aromatic N) is 1. The topological polar surface area (TPSA) is 4.36 Å². The number of unbranched alkanes of at least 4 members (excludes halogenated alkanes) is 1. The molecule has 0 fully saturated rings. The van der Waals surface area contributed by atoms with E-state index in [1.54, 1.807) is 11.3 Å². The molecular weight excluding hydrogens is 154 g/mol. The van der Waals surface area contributed by atoms with Gasteiger partial charge < -0.3 is 4.85 Å². The van der Waals surface area contributed by atoms with E-state index in [9.17, 15) is 0 Å². The van der Waals surface area contributed by atoms with Crippen molar-refractivity contribution in [2.75, 3.05) is 6.54 Å². The third-order valence-electron chi connectivity index (χ3n) is 1.52. The molecule has 1 aromatic rings. The number of aryl methyl sites for hydroxylation is 1. The lowest BCUT2D eigenvalue weighted by molar-refractivity contribution is 0.787. The Labute approximate surface area is 71.5 Å². The third kappa shape index (κ3) is 3.20. The summed E-state index contributed by atoms with van der Waals surface area (Å²) in [6.45, 7) is 7.27. The molecule has 2 heteroatoms. The SMILES string of the molecule is [C-]#[N+]CCCCc1cccs1. The highest BCUT2D eigenvalue weighted by atomic mass is 32.1. The molecule has 1 heterocycles. The molecule has 11 heavy (non-hydrogen) atoms. The van der Waals surface area contributed by atoms with Crippen molar-refractivity contribution in [1.29, 1.82) is 0 Å². The number of hydrogen-bond donors (Lipinski definition) is 0. The summed E-state index contributed by atoms with van der Waals surface area (Å²) in [7, 11) is 0. The van der Waals surface area contributed by atoms with E-state index in [-0.39, 0.29) is 0 Å². The van der Waals surface area contributed by atoms with Gasteiger partial charge in [-0.3, -0.25) is 0 Å². The fourth-order valence-corrected chi connectivity index (χ4v) is 1.70. The second kappa shape index (κ2) is 4.92. The van der Waals surface area contributed by atoms with Crippen molar-refractivity contribution in [2.45, 2.75) is 19.3 Å².